The molecule has 1 aromatic rings. The molecule has 104 valence electrons. The maximum atomic E-state index is 12.9. The summed E-state index contributed by atoms with van der Waals surface area (Å²) >= 11 is 0. The van der Waals surface area contributed by atoms with Gasteiger partial charge in [-0.1, -0.05) is 26.0 Å². The Hall–Kier alpha value is -1.91. The lowest BCUT2D eigenvalue weighted by Crippen LogP contribution is -2.36. The number of hydrogen-bond donors (Lipinski definition) is 2. The van der Waals surface area contributed by atoms with E-state index >= 15 is 0 Å². The SMILES string of the molecule is CC(C(=O)O)C(C)C(=O)NCCc1cccc(F)c1. The third-order valence-corrected chi connectivity index (χ3v) is 3.16. The second-order valence-corrected chi connectivity index (χ2v) is 4.59. The van der Waals surface area contributed by atoms with Gasteiger partial charge in [0.25, 0.3) is 0 Å². The molecule has 0 saturated heterocycles. The van der Waals surface area contributed by atoms with E-state index in [1.165, 1.54) is 19.1 Å². The van der Waals surface area contributed by atoms with Crippen LogP contribution in [0.3, 0.4) is 0 Å². The molecular formula is C14H18FNO3. The number of carbonyl (C=O) groups excluding carboxylic acids is 1. The van der Waals surface area contributed by atoms with Crippen molar-refractivity contribution in [2.45, 2.75) is 20.3 Å². The van der Waals surface area contributed by atoms with Gasteiger partial charge in [-0.2, -0.15) is 0 Å². The molecule has 2 atom stereocenters. The number of aliphatic carboxylic acids is 1. The van der Waals surface area contributed by atoms with Crippen LogP contribution in [0.15, 0.2) is 24.3 Å². The van der Waals surface area contributed by atoms with Crippen LogP contribution in [0.2, 0.25) is 0 Å². The molecule has 4 nitrogen and oxygen atoms in total. The summed E-state index contributed by atoms with van der Waals surface area (Å²) in [6.07, 6.45) is 0.512. The Labute approximate surface area is 111 Å². The first-order valence-electron chi connectivity index (χ1n) is 6.16. The molecule has 0 saturated carbocycles. The summed E-state index contributed by atoms with van der Waals surface area (Å²) in [6, 6.07) is 6.16. The van der Waals surface area contributed by atoms with Crippen molar-refractivity contribution in [1.82, 2.24) is 5.32 Å². The maximum absolute atomic E-state index is 12.9. The summed E-state index contributed by atoms with van der Waals surface area (Å²) in [5.41, 5.74) is 0.791. The Bertz CT molecular complexity index is 462. The van der Waals surface area contributed by atoms with E-state index in [-0.39, 0.29) is 11.7 Å². The van der Waals surface area contributed by atoms with Gasteiger partial charge in [0.05, 0.1) is 5.92 Å². The number of hydrogen-bond acceptors (Lipinski definition) is 2. The molecule has 0 radical (unpaired) electrons. The number of benzene rings is 1. The minimum atomic E-state index is -0.993. The fourth-order valence-corrected chi connectivity index (χ4v) is 1.62. The number of amides is 1. The number of carbonyl (C=O) groups is 2. The van der Waals surface area contributed by atoms with Crippen LogP contribution in [-0.2, 0) is 16.0 Å². The smallest absolute Gasteiger partial charge is 0.307 e. The minimum absolute atomic E-state index is 0.300. The minimum Gasteiger partial charge on any atom is -0.481 e. The molecule has 5 heteroatoms. The molecule has 0 spiro atoms. The van der Waals surface area contributed by atoms with Gasteiger partial charge in [-0.05, 0) is 24.1 Å². The zero-order chi connectivity index (χ0) is 14.4. The van der Waals surface area contributed by atoms with Crippen molar-refractivity contribution in [1.29, 1.82) is 0 Å². The van der Waals surface area contributed by atoms with E-state index in [0.717, 1.165) is 5.56 Å². The van der Waals surface area contributed by atoms with Gasteiger partial charge < -0.3 is 10.4 Å². The molecule has 19 heavy (non-hydrogen) atoms. The molecule has 0 aliphatic heterocycles. The van der Waals surface area contributed by atoms with Crippen molar-refractivity contribution in [3.8, 4) is 0 Å². The van der Waals surface area contributed by atoms with Crippen LogP contribution in [0.4, 0.5) is 4.39 Å². The van der Waals surface area contributed by atoms with Crippen molar-refractivity contribution in [3.05, 3.63) is 35.6 Å². The fourth-order valence-electron chi connectivity index (χ4n) is 1.62. The average Bonchev–Trinajstić information content (AvgIpc) is 2.36. The Balaban J connectivity index is 2.41. The van der Waals surface area contributed by atoms with Crippen molar-refractivity contribution in [3.63, 3.8) is 0 Å². The molecule has 1 amide bonds. The Morgan fingerprint density at radius 1 is 1.32 bits per heavy atom. The van der Waals surface area contributed by atoms with E-state index in [0.29, 0.717) is 13.0 Å². The van der Waals surface area contributed by atoms with E-state index in [1.54, 1.807) is 19.1 Å². The van der Waals surface area contributed by atoms with Crippen molar-refractivity contribution >= 4 is 11.9 Å². The number of carboxylic acids is 1. The van der Waals surface area contributed by atoms with Gasteiger partial charge in [0, 0.05) is 12.5 Å². The topological polar surface area (TPSA) is 66.4 Å². The second kappa shape index (κ2) is 6.87. The van der Waals surface area contributed by atoms with Crippen LogP contribution in [0.1, 0.15) is 19.4 Å². The van der Waals surface area contributed by atoms with Crippen LogP contribution >= 0.6 is 0 Å². The molecular weight excluding hydrogens is 249 g/mol. The highest BCUT2D eigenvalue weighted by atomic mass is 19.1. The second-order valence-electron chi connectivity index (χ2n) is 4.59. The van der Waals surface area contributed by atoms with E-state index in [1.807, 2.05) is 0 Å². The summed E-state index contributed by atoms with van der Waals surface area (Å²) in [4.78, 5) is 22.5. The zero-order valence-electron chi connectivity index (χ0n) is 11.0. The molecule has 0 aliphatic carbocycles. The van der Waals surface area contributed by atoms with Crippen molar-refractivity contribution in [2.75, 3.05) is 6.54 Å². The Morgan fingerprint density at radius 3 is 2.58 bits per heavy atom. The summed E-state index contributed by atoms with van der Waals surface area (Å²) in [5, 5.41) is 11.5. The molecule has 1 rings (SSSR count). The van der Waals surface area contributed by atoms with Crippen LogP contribution in [0, 0.1) is 17.7 Å². The van der Waals surface area contributed by atoms with Crippen LogP contribution in [0.5, 0.6) is 0 Å². The van der Waals surface area contributed by atoms with Crippen molar-refractivity contribution < 1.29 is 19.1 Å². The summed E-state index contributed by atoms with van der Waals surface area (Å²) in [6.45, 7) is 3.44. The predicted molar refractivity (Wildman–Crippen MR) is 69.1 cm³/mol. The standard InChI is InChI=1S/C14H18FNO3/c1-9(10(2)14(18)19)13(17)16-7-6-11-4-3-5-12(15)8-11/h3-5,8-10H,6-7H2,1-2H3,(H,16,17)(H,18,19). The largest absolute Gasteiger partial charge is 0.481 e. The summed E-state index contributed by atoms with van der Waals surface area (Å²) < 4.78 is 12.9. The normalized spacial score (nSPS) is 13.6. The zero-order valence-corrected chi connectivity index (χ0v) is 11.0. The number of rotatable bonds is 6. The summed E-state index contributed by atoms with van der Waals surface area (Å²) in [7, 11) is 0. The van der Waals surface area contributed by atoms with E-state index in [4.69, 9.17) is 5.11 Å². The fraction of sp³-hybridized carbons (Fsp3) is 0.429. The monoisotopic (exact) mass is 267 g/mol. The van der Waals surface area contributed by atoms with Gasteiger partial charge in [-0.15, -0.1) is 0 Å². The molecule has 0 heterocycles. The highest BCUT2D eigenvalue weighted by Crippen LogP contribution is 2.11. The maximum Gasteiger partial charge on any atom is 0.307 e. The lowest BCUT2D eigenvalue weighted by Gasteiger charge is -2.15. The van der Waals surface area contributed by atoms with Crippen LogP contribution < -0.4 is 5.32 Å². The lowest BCUT2D eigenvalue weighted by molar-refractivity contribution is -0.146. The van der Waals surface area contributed by atoms with E-state index in [2.05, 4.69) is 5.32 Å². The molecule has 0 aliphatic rings. The van der Waals surface area contributed by atoms with Crippen LogP contribution in [0.25, 0.3) is 0 Å². The van der Waals surface area contributed by atoms with Gasteiger partial charge in [-0.3, -0.25) is 9.59 Å². The quantitative estimate of drug-likeness (QED) is 0.826. The number of carboxylic acid groups (broad SMARTS) is 1. The molecule has 2 N–H and O–H groups in total. The lowest BCUT2D eigenvalue weighted by atomic mass is 9.95. The molecule has 0 bridgehead atoms. The first-order valence-corrected chi connectivity index (χ1v) is 6.16. The number of halogens is 1. The summed E-state index contributed by atoms with van der Waals surface area (Å²) in [5.74, 6) is -2.92. The highest BCUT2D eigenvalue weighted by molar-refractivity contribution is 5.84. The third kappa shape index (κ3) is 4.69. The first kappa shape index (κ1) is 15.1. The predicted octanol–water partition coefficient (Wildman–Crippen LogP) is 1.84. The first-order chi connectivity index (χ1) is 8.91. The highest BCUT2D eigenvalue weighted by Gasteiger charge is 2.25. The molecule has 0 fully saturated rings. The van der Waals surface area contributed by atoms with E-state index < -0.39 is 17.8 Å². The average molecular weight is 267 g/mol. The molecule has 0 aromatic heterocycles. The van der Waals surface area contributed by atoms with Gasteiger partial charge in [-0.25, -0.2) is 4.39 Å². The Kier molecular flexibility index (Phi) is 5.48. The van der Waals surface area contributed by atoms with E-state index in [9.17, 15) is 14.0 Å². The van der Waals surface area contributed by atoms with Gasteiger partial charge in [0.1, 0.15) is 5.82 Å². The van der Waals surface area contributed by atoms with Gasteiger partial charge in [0.15, 0.2) is 0 Å². The van der Waals surface area contributed by atoms with Gasteiger partial charge in [0.2, 0.25) is 5.91 Å². The van der Waals surface area contributed by atoms with Crippen LogP contribution in [-0.4, -0.2) is 23.5 Å². The Morgan fingerprint density at radius 2 is 2.00 bits per heavy atom. The third-order valence-electron chi connectivity index (χ3n) is 3.16. The van der Waals surface area contributed by atoms with Gasteiger partial charge >= 0.3 is 5.97 Å². The molecule has 2 unspecified atom stereocenters. The number of nitrogens with one attached hydrogen (secondary N) is 1. The van der Waals surface area contributed by atoms with Crippen molar-refractivity contribution in [2.24, 2.45) is 11.8 Å². The molecule has 1 aromatic carbocycles.